The molecule has 94 valence electrons. The minimum Gasteiger partial charge on any atom is -0.298 e. The Balaban J connectivity index is 2.27. The van der Waals surface area contributed by atoms with E-state index in [1.165, 1.54) is 12.1 Å². The Morgan fingerprint density at radius 2 is 2.22 bits per heavy atom. The van der Waals surface area contributed by atoms with Crippen molar-refractivity contribution in [2.45, 2.75) is 32.1 Å². The molecule has 1 unspecified atom stereocenters. The molecule has 4 heteroatoms. The van der Waals surface area contributed by atoms with Gasteiger partial charge in [0, 0.05) is 6.42 Å². The third kappa shape index (κ3) is 2.39. The molecule has 18 heavy (non-hydrogen) atoms. The maximum Gasteiger partial charge on any atom is 0.153 e. The highest BCUT2D eigenvalue weighted by Crippen LogP contribution is 2.36. The number of halogens is 2. The number of carbonyl (C=O) groups excluding carboxylic acids is 1. The quantitative estimate of drug-likeness (QED) is 0.818. The minimum absolute atomic E-state index is 0.0217. The van der Waals surface area contributed by atoms with Crippen molar-refractivity contribution in [2.24, 2.45) is 5.41 Å². The van der Waals surface area contributed by atoms with Crippen LogP contribution in [0.1, 0.15) is 31.2 Å². The lowest BCUT2D eigenvalue weighted by Gasteiger charge is -2.29. The van der Waals surface area contributed by atoms with E-state index in [4.69, 9.17) is 11.6 Å². The number of Topliss-reactive ketones (excluding diaryl/α,β-unsaturated/α-hetero) is 1. The van der Waals surface area contributed by atoms with Gasteiger partial charge in [-0.15, -0.1) is 0 Å². The molecule has 0 radical (unpaired) electrons. The van der Waals surface area contributed by atoms with Crippen LogP contribution in [0.5, 0.6) is 0 Å². The fraction of sp³-hybridized carbons (Fsp3) is 0.429. The standard InChI is InChI=1S/C14H13ClFNO/c15-11-5-4-10(7-12(11)16)8-14(9-17)6-2-1-3-13(14)18/h4-5,7H,1-3,6,8H2. The molecule has 1 aliphatic rings. The van der Waals surface area contributed by atoms with E-state index in [9.17, 15) is 14.4 Å². The largest absolute Gasteiger partial charge is 0.298 e. The van der Waals surface area contributed by atoms with Gasteiger partial charge < -0.3 is 0 Å². The summed E-state index contributed by atoms with van der Waals surface area (Å²) >= 11 is 5.61. The van der Waals surface area contributed by atoms with Crippen LogP contribution in [-0.2, 0) is 11.2 Å². The number of nitrogens with zero attached hydrogens (tertiary/aromatic N) is 1. The van der Waals surface area contributed by atoms with Crippen molar-refractivity contribution in [3.8, 4) is 6.07 Å². The monoisotopic (exact) mass is 265 g/mol. The summed E-state index contributed by atoms with van der Waals surface area (Å²) in [5.41, 5.74) is -0.327. The lowest BCUT2D eigenvalue weighted by atomic mass is 9.70. The molecule has 0 spiro atoms. The summed E-state index contributed by atoms with van der Waals surface area (Å²) in [4.78, 5) is 12.0. The third-order valence-corrected chi connectivity index (χ3v) is 3.80. The second-order valence-corrected chi connectivity index (χ2v) is 5.16. The van der Waals surface area contributed by atoms with Crippen LogP contribution < -0.4 is 0 Å². The van der Waals surface area contributed by atoms with Crippen LogP contribution in [0.25, 0.3) is 0 Å². The van der Waals surface area contributed by atoms with Crippen molar-refractivity contribution in [3.05, 3.63) is 34.6 Å². The molecule has 1 saturated carbocycles. The molecule has 2 rings (SSSR count). The fourth-order valence-electron chi connectivity index (χ4n) is 2.43. The van der Waals surface area contributed by atoms with Gasteiger partial charge in [0.25, 0.3) is 0 Å². The van der Waals surface area contributed by atoms with Crippen LogP contribution in [0.3, 0.4) is 0 Å². The van der Waals surface area contributed by atoms with Crippen molar-refractivity contribution in [1.82, 2.24) is 0 Å². The number of ketones is 1. The molecule has 0 saturated heterocycles. The molecule has 0 aromatic heterocycles. The van der Waals surface area contributed by atoms with Gasteiger partial charge >= 0.3 is 0 Å². The molecular formula is C14H13ClFNO. The molecule has 2 nitrogen and oxygen atoms in total. The van der Waals surface area contributed by atoms with Crippen LogP contribution in [-0.4, -0.2) is 5.78 Å². The van der Waals surface area contributed by atoms with Crippen LogP contribution in [0, 0.1) is 22.6 Å². The first-order valence-electron chi connectivity index (χ1n) is 5.96. The van der Waals surface area contributed by atoms with E-state index in [1.54, 1.807) is 6.07 Å². The number of benzene rings is 1. The van der Waals surface area contributed by atoms with Crippen LogP contribution in [0.2, 0.25) is 5.02 Å². The zero-order valence-electron chi connectivity index (χ0n) is 9.88. The molecule has 0 aliphatic heterocycles. The Labute approximate surface area is 110 Å². The zero-order valence-corrected chi connectivity index (χ0v) is 10.6. The average Bonchev–Trinajstić information content (AvgIpc) is 2.37. The molecule has 0 amide bonds. The molecule has 0 bridgehead atoms. The highest BCUT2D eigenvalue weighted by Gasteiger charge is 2.40. The van der Waals surface area contributed by atoms with Gasteiger partial charge in [-0.25, -0.2) is 4.39 Å². The van der Waals surface area contributed by atoms with Gasteiger partial charge in [0.1, 0.15) is 11.2 Å². The molecular weight excluding hydrogens is 253 g/mol. The summed E-state index contributed by atoms with van der Waals surface area (Å²) in [6.07, 6.45) is 3.00. The summed E-state index contributed by atoms with van der Waals surface area (Å²) in [6, 6.07) is 6.59. The maximum atomic E-state index is 13.4. The van der Waals surface area contributed by atoms with E-state index < -0.39 is 11.2 Å². The number of rotatable bonds is 2. The van der Waals surface area contributed by atoms with E-state index in [0.29, 0.717) is 18.4 Å². The van der Waals surface area contributed by atoms with Gasteiger partial charge in [0.15, 0.2) is 5.78 Å². The predicted molar refractivity (Wildman–Crippen MR) is 66.6 cm³/mol. The minimum atomic E-state index is -0.974. The van der Waals surface area contributed by atoms with Gasteiger partial charge in [-0.2, -0.15) is 5.26 Å². The lowest BCUT2D eigenvalue weighted by Crippen LogP contribution is -2.34. The summed E-state index contributed by atoms with van der Waals surface area (Å²) < 4.78 is 13.4. The van der Waals surface area contributed by atoms with Crippen molar-refractivity contribution in [1.29, 1.82) is 5.26 Å². The first-order valence-corrected chi connectivity index (χ1v) is 6.34. The topological polar surface area (TPSA) is 40.9 Å². The van der Waals surface area contributed by atoms with E-state index in [2.05, 4.69) is 6.07 Å². The van der Waals surface area contributed by atoms with Crippen LogP contribution in [0.15, 0.2) is 18.2 Å². The third-order valence-electron chi connectivity index (χ3n) is 3.50. The summed E-state index contributed by atoms with van der Waals surface area (Å²) in [7, 11) is 0. The molecule has 1 fully saturated rings. The Morgan fingerprint density at radius 3 is 2.83 bits per heavy atom. The van der Waals surface area contributed by atoms with Crippen molar-refractivity contribution in [2.75, 3.05) is 0 Å². The second-order valence-electron chi connectivity index (χ2n) is 4.75. The van der Waals surface area contributed by atoms with E-state index in [0.717, 1.165) is 12.8 Å². The normalized spacial score (nSPS) is 23.7. The van der Waals surface area contributed by atoms with Gasteiger partial charge in [0.05, 0.1) is 11.1 Å². The Bertz CT molecular complexity index is 523. The maximum absolute atomic E-state index is 13.4. The SMILES string of the molecule is N#CC1(Cc2ccc(Cl)c(F)c2)CCCCC1=O. The molecule has 0 heterocycles. The van der Waals surface area contributed by atoms with Gasteiger partial charge in [-0.3, -0.25) is 4.79 Å². The lowest BCUT2D eigenvalue weighted by molar-refractivity contribution is -0.128. The Hall–Kier alpha value is -1.40. The summed E-state index contributed by atoms with van der Waals surface area (Å²) in [5, 5.41) is 9.36. The molecule has 0 N–H and O–H groups in total. The fourth-order valence-corrected chi connectivity index (χ4v) is 2.55. The highest BCUT2D eigenvalue weighted by molar-refractivity contribution is 6.30. The number of carbonyl (C=O) groups is 1. The van der Waals surface area contributed by atoms with Gasteiger partial charge in [-0.05, 0) is 37.0 Å². The number of hydrogen-bond donors (Lipinski definition) is 0. The first kappa shape index (κ1) is 13.0. The Kier molecular flexibility index (Phi) is 3.68. The van der Waals surface area contributed by atoms with Crippen LogP contribution >= 0.6 is 11.6 Å². The molecule has 1 aromatic rings. The van der Waals surface area contributed by atoms with Gasteiger partial charge in [0.2, 0.25) is 0 Å². The number of nitriles is 1. The van der Waals surface area contributed by atoms with E-state index >= 15 is 0 Å². The second kappa shape index (κ2) is 5.07. The van der Waals surface area contributed by atoms with Crippen LogP contribution in [0.4, 0.5) is 4.39 Å². The van der Waals surface area contributed by atoms with Crippen molar-refractivity contribution < 1.29 is 9.18 Å². The Morgan fingerprint density at radius 1 is 1.44 bits per heavy atom. The predicted octanol–water partition coefficient (Wildman–Crippen LogP) is 3.67. The zero-order chi connectivity index (χ0) is 13.2. The van der Waals surface area contributed by atoms with Crippen molar-refractivity contribution in [3.63, 3.8) is 0 Å². The highest BCUT2D eigenvalue weighted by atomic mass is 35.5. The van der Waals surface area contributed by atoms with E-state index in [-0.39, 0.29) is 17.2 Å². The smallest absolute Gasteiger partial charge is 0.153 e. The van der Waals surface area contributed by atoms with Gasteiger partial charge in [-0.1, -0.05) is 24.1 Å². The van der Waals surface area contributed by atoms with E-state index in [1.807, 2.05) is 0 Å². The summed E-state index contributed by atoms with van der Waals surface area (Å²) in [5.74, 6) is -0.530. The molecule has 1 aliphatic carbocycles. The number of hydrogen-bond acceptors (Lipinski definition) is 2. The van der Waals surface area contributed by atoms with Crippen molar-refractivity contribution >= 4 is 17.4 Å². The molecule has 1 atom stereocenters. The average molecular weight is 266 g/mol. The summed E-state index contributed by atoms with van der Waals surface area (Å²) in [6.45, 7) is 0. The molecule has 1 aromatic carbocycles. The first-order chi connectivity index (χ1) is 8.57.